The Morgan fingerprint density at radius 2 is 2.30 bits per heavy atom. The Morgan fingerprint density at radius 3 is 3.00 bits per heavy atom. The molecule has 0 unspecified atom stereocenters. The average molecular weight is 312 g/mol. The highest BCUT2D eigenvalue weighted by Crippen LogP contribution is 2.14. The zero-order valence-electron chi connectivity index (χ0n) is 12.5. The van der Waals surface area contributed by atoms with Gasteiger partial charge in [-0.1, -0.05) is 24.6 Å². The number of pyridine rings is 1. The molecular weight excluding hydrogens is 296 g/mol. The van der Waals surface area contributed by atoms with Gasteiger partial charge < -0.3 is 5.32 Å². The number of amides is 1. The van der Waals surface area contributed by atoms with Crippen LogP contribution in [0.25, 0.3) is 5.82 Å². The summed E-state index contributed by atoms with van der Waals surface area (Å²) >= 11 is 0. The Balaban J connectivity index is 1.78. The molecule has 0 aromatic carbocycles. The van der Waals surface area contributed by atoms with Crippen LogP contribution in [0.1, 0.15) is 42.1 Å². The van der Waals surface area contributed by atoms with E-state index in [1.165, 1.54) is 0 Å². The summed E-state index contributed by atoms with van der Waals surface area (Å²) in [5.74, 6) is 0.750. The van der Waals surface area contributed by atoms with Crippen LogP contribution >= 0.6 is 0 Å². The molecule has 0 spiro atoms. The molecule has 3 rings (SSSR count). The second kappa shape index (κ2) is 6.77. The zero-order chi connectivity index (χ0) is 16.1. The molecular formula is C14H16N8O. The Kier molecular flexibility index (Phi) is 4.37. The summed E-state index contributed by atoms with van der Waals surface area (Å²) in [7, 11) is 0. The van der Waals surface area contributed by atoms with Gasteiger partial charge in [0.1, 0.15) is 5.69 Å². The summed E-state index contributed by atoms with van der Waals surface area (Å²) in [5.41, 5.74) is 0.308. The van der Waals surface area contributed by atoms with Gasteiger partial charge in [-0.05, 0) is 24.6 Å². The Labute approximate surface area is 132 Å². The number of nitrogens with zero attached hydrogens (tertiary/aromatic N) is 6. The maximum Gasteiger partial charge on any atom is 0.270 e. The van der Waals surface area contributed by atoms with Crippen LogP contribution in [0, 0.1) is 0 Å². The van der Waals surface area contributed by atoms with Crippen molar-refractivity contribution >= 4 is 5.91 Å². The lowest BCUT2D eigenvalue weighted by atomic mass is 10.1. The number of rotatable bonds is 6. The number of H-pyrrole nitrogens is 1. The van der Waals surface area contributed by atoms with Crippen LogP contribution in [-0.4, -0.2) is 41.3 Å². The van der Waals surface area contributed by atoms with Crippen molar-refractivity contribution in [2.75, 3.05) is 0 Å². The minimum atomic E-state index is -0.304. The monoisotopic (exact) mass is 312 g/mol. The molecule has 0 saturated heterocycles. The van der Waals surface area contributed by atoms with E-state index in [0.29, 0.717) is 23.8 Å². The molecule has 3 heterocycles. The molecule has 1 atom stereocenters. The summed E-state index contributed by atoms with van der Waals surface area (Å²) in [6, 6.07) is 6.69. The Hall–Kier alpha value is -3.10. The molecule has 9 heteroatoms. The number of tetrazole rings is 1. The Morgan fingerprint density at radius 1 is 1.39 bits per heavy atom. The number of carbonyl (C=O) groups is 1. The Bertz CT molecular complexity index is 753. The number of hydrogen-bond acceptors (Lipinski definition) is 6. The van der Waals surface area contributed by atoms with Gasteiger partial charge >= 0.3 is 0 Å². The maximum absolute atomic E-state index is 12.5. The van der Waals surface area contributed by atoms with Gasteiger partial charge in [-0.15, -0.1) is 10.2 Å². The molecule has 0 aliphatic heterocycles. The third-order valence-electron chi connectivity index (χ3n) is 3.26. The first-order chi connectivity index (χ1) is 11.3. The molecule has 9 nitrogen and oxygen atoms in total. The highest BCUT2D eigenvalue weighted by Gasteiger charge is 2.19. The molecule has 3 aromatic rings. The van der Waals surface area contributed by atoms with Crippen molar-refractivity contribution in [3.63, 3.8) is 0 Å². The highest BCUT2D eigenvalue weighted by atomic mass is 16.2. The van der Waals surface area contributed by atoms with E-state index in [-0.39, 0.29) is 11.9 Å². The number of aromatic amines is 1. The van der Waals surface area contributed by atoms with E-state index in [1.807, 2.05) is 6.92 Å². The predicted octanol–water partition coefficient (Wildman–Crippen LogP) is 1.05. The molecule has 23 heavy (non-hydrogen) atoms. The fraction of sp³-hybridized carbons (Fsp3) is 0.286. The predicted molar refractivity (Wildman–Crippen MR) is 80.7 cm³/mol. The van der Waals surface area contributed by atoms with Gasteiger partial charge in [0.05, 0.1) is 6.04 Å². The second-order valence-electron chi connectivity index (χ2n) is 4.92. The normalized spacial score (nSPS) is 12.0. The summed E-state index contributed by atoms with van der Waals surface area (Å²) in [4.78, 5) is 16.8. The van der Waals surface area contributed by atoms with E-state index in [1.54, 1.807) is 41.3 Å². The minimum Gasteiger partial charge on any atom is -0.341 e. The molecule has 0 radical (unpaired) electrons. The van der Waals surface area contributed by atoms with Gasteiger partial charge in [-0.25, -0.2) is 9.67 Å². The second-order valence-corrected chi connectivity index (χ2v) is 4.92. The fourth-order valence-corrected chi connectivity index (χ4v) is 2.19. The lowest BCUT2D eigenvalue weighted by Crippen LogP contribution is -2.30. The zero-order valence-corrected chi connectivity index (χ0v) is 12.5. The number of aromatic nitrogens is 7. The lowest BCUT2D eigenvalue weighted by Gasteiger charge is -2.14. The lowest BCUT2D eigenvalue weighted by molar-refractivity contribution is 0.0927. The van der Waals surface area contributed by atoms with Gasteiger partial charge in [0.2, 0.25) is 0 Å². The van der Waals surface area contributed by atoms with Crippen molar-refractivity contribution in [3.8, 4) is 5.82 Å². The molecule has 0 saturated carbocycles. The molecule has 0 aliphatic carbocycles. The van der Waals surface area contributed by atoms with Gasteiger partial charge in [-0.2, -0.15) is 10.3 Å². The first-order valence-electron chi connectivity index (χ1n) is 7.29. The summed E-state index contributed by atoms with van der Waals surface area (Å²) in [5, 5.41) is 20.8. The van der Waals surface area contributed by atoms with Crippen LogP contribution in [0.2, 0.25) is 0 Å². The molecule has 118 valence electrons. The van der Waals surface area contributed by atoms with Crippen molar-refractivity contribution in [2.24, 2.45) is 0 Å². The van der Waals surface area contributed by atoms with E-state index in [9.17, 15) is 4.79 Å². The quantitative estimate of drug-likeness (QED) is 0.703. The van der Waals surface area contributed by atoms with Crippen LogP contribution in [-0.2, 0) is 0 Å². The van der Waals surface area contributed by atoms with E-state index in [2.05, 4.69) is 36.0 Å². The van der Waals surface area contributed by atoms with E-state index in [0.717, 1.165) is 6.42 Å². The highest BCUT2D eigenvalue weighted by molar-refractivity contribution is 5.92. The van der Waals surface area contributed by atoms with Crippen LogP contribution in [0.3, 0.4) is 0 Å². The minimum absolute atomic E-state index is 0.290. The van der Waals surface area contributed by atoms with E-state index >= 15 is 0 Å². The van der Waals surface area contributed by atoms with E-state index in [4.69, 9.17) is 0 Å². The molecule has 0 bridgehead atoms. The summed E-state index contributed by atoms with van der Waals surface area (Å²) in [6.45, 7) is 2.02. The van der Waals surface area contributed by atoms with Crippen molar-refractivity contribution in [1.82, 2.24) is 40.7 Å². The van der Waals surface area contributed by atoms with Crippen molar-refractivity contribution in [3.05, 3.63) is 48.2 Å². The van der Waals surface area contributed by atoms with Crippen molar-refractivity contribution < 1.29 is 4.79 Å². The van der Waals surface area contributed by atoms with Crippen LogP contribution in [0.5, 0.6) is 0 Å². The molecule has 0 fully saturated rings. The first kappa shape index (κ1) is 14.8. The van der Waals surface area contributed by atoms with Crippen molar-refractivity contribution in [1.29, 1.82) is 0 Å². The summed E-state index contributed by atoms with van der Waals surface area (Å²) in [6.07, 6.45) is 5.01. The number of hydrogen-bond donors (Lipinski definition) is 2. The van der Waals surface area contributed by atoms with Crippen LogP contribution in [0.4, 0.5) is 0 Å². The number of carbonyl (C=O) groups excluding carboxylic acids is 1. The average Bonchev–Trinajstić information content (AvgIpc) is 3.28. The van der Waals surface area contributed by atoms with E-state index < -0.39 is 0 Å². The van der Waals surface area contributed by atoms with Gasteiger partial charge in [0.15, 0.2) is 11.6 Å². The fourth-order valence-electron chi connectivity index (χ4n) is 2.19. The molecule has 0 aliphatic rings. The third kappa shape index (κ3) is 3.39. The van der Waals surface area contributed by atoms with Gasteiger partial charge in [0.25, 0.3) is 5.91 Å². The summed E-state index contributed by atoms with van der Waals surface area (Å²) < 4.78 is 1.60. The van der Waals surface area contributed by atoms with Crippen LogP contribution < -0.4 is 5.32 Å². The maximum atomic E-state index is 12.5. The van der Waals surface area contributed by atoms with Gasteiger partial charge in [0, 0.05) is 12.4 Å². The van der Waals surface area contributed by atoms with Gasteiger partial charge in [-0.3, -0.25) is 4.79 Å². The molecule has 2 N–H and O–H groups in total. The topological polar surface area (TPSA) is 114 Å². The number of nitrogens with one attached hydrogen (secondary N) is 2. The smallest absolute Gasteiger partial charge is 0.270 e. The largest absolute Gasteiger partial charge is 0.341 e. The molecule has 3 aromatic heterocycles. The standard InChI is InChI=1S/C14H16N8O/c1-2-5-10(13-18-20-21-19-13)17-14(23)11-6-3-7-12(16-11)22-9-4-8-15-22/h3-4,6-10H,2,5H2,1H3,(H,17,23)(H,18,19,20,21)/t10-/m0/s1. The van der Waals surface area contributed by atoms with Crippen molar-refractivity contribution in [2.45, 2.75) is 25.8 Å². The SMILES string of the molecule is CCC[C@H](NC(=O)c1cccc(-n2cccn2)n1)c1nn[nH]n1. The van der Waals surface area contributed by atoms with Crippen LogP contribution in [0.15, 0.2) is 36.7 Å². The first-order valence-corrected chi connectivity index (χ1v) is 7.29. The molecule has 1 amide bonds. The third-order valence-corrected chi connectivity index (χ3v) is 3.26.